The van der Waals surface area contributed by atoms with Crippen LogP contribution in [-0.4, -0.2) is 21.4 Å². The Morgan fingerprint density at radius 3 is 2.43 bits per heavy atom. The molecule has 0 aliphatic carbocycles. The molecule has 110 valence electrons. The van der Waals surface area contributed by atoms with Gasteiger partial charge in [0.15, 0.2) is 5.69 Å². The van der Waals surface area contributed by atoms with Crippen LogP contribution < -0.4 is 5.32 Å². The number of benzene rings is 1. The molecule has 21 heavy (non-hydrogen) atoms. The van der Waals surface area contributed by atoms with Crippen LogP contribution in [0.1, 0.15) is 24.5 Å². The monoisotopic (exact) mass is 286 g/mol. The minimum Gasteiger partial charge on any atom is -0.364 e. The number of rotatable bonds is 5. The summed E-state index contributed by atoms with van der Waals surface area (Å²) < 4.78 is 0. The highest BCUT2D eigenvalue weighted by molar-refractivity contribution is 5.77. The predicted molar refractivity (Wildman–Crippen MR) is 82.4 cm³/mol. The lowest BCUT2D eigenvalue weighted by Crippen LogP contribution is -2.07. The highest BCUT2D eigenvalue weighted by Crippen LogP contribution is 2.33. The zero-order valence-electron chi connectivity index (χ0n) is 12.4. The van der Waals surface area contributed by atoms with Gasteiger partial charge in [0.2, 0.25) is 5.82 Å². The van der Waals surface area contributed by atoms with Crippen LogP contribution >= 0.6 is 0 Å². The third kappa shape index (κ3) is 3.34. The van der Waals surface area contributed by atoms with E-state index in [1.165, 1.54) is 6.33 Å². The van der Waals surface area contributed by atoms with Crippen LogP contribution in [0.15, 0.2) is 24.5 Å². The van der Waals surface area contributed by atoms with Crippen LogP contribution in [0, 0.1) is 24.0 Å². The second-order valence-electron chi connectivity index (χ2n) is 4.98. The lowest BCUT2D eigenvalue weighted by Gasteiger charge is -2.09. The van der Waals surface area contributed by atoms with Gasteiger partial charge in [-0.15, -0.1) is 0 Å². The van der Waals surface area contributed by atoms with E-state index in [1.807, 2.05) is 39.0 Å². The van der Waals surface area contributed by atoms with E-state index in [2.05, 4.69) is 15.3 Å². The number of aryl methyl sites for hydroxylation is 2. The fourth-order valence-corrected chi connectivity index (χ4v) is 2.25. The summed E-state index contributed by atoms with van der Waals surface area (Å²) in [5.41, 5.74) is 3.10. The number of nitro groups is 1. The molecule has 6 heteroatoms. The maximum atomic E-state index is 11.4. The average Bonchev–Trinajstić information content (AvgIpc) is 2.43. The maximum absolute atomic E-state index is 11.4. The molecule has 0 atom stereocenters. The molecule has 0 radical (unpaired) electrons. The van der Waals surface area contributed by atoms with Crippen molar-refractivity contribution in [2.45, 2.75) is 27.2 Å². The van der Waals surface area contributed by atoms with E-state index >= 15 is 0 Å². The number of nitrogens with one attached hydrogen (secondary N) is 1. The summed E-state index contributed by atoms with van der Waals surface area (Å²) >= 11 is 0. The smallest absolute Gasteiger partial charge is 0.337 e. The Morgan fingerprint density at radius 2 is 1.86 bits per heavy atom. The first-order valence-electron chi connectivity index (χ1n) is 6.85. The SMILES string of the molecule is CCCNc1ncnc(-c2cc(C)cc(C)c2)c1[N+](=O)[O-]. The van der Waals surface area contributed by atoms with Gasteiger partial charge in [0.05, 0.1) is 4.92 Å². The first-order chi connectivity index (χ1) is 10.0. The molecule has 1 aromatic heterocycles. The second kappa shape index (κ2) is 6.30. The molecular formula is C15H18N4O2. The summed E-state index contributed by atoms with van der Waals surface area (Å²) in [6.07, 6.45) is 2.22. The lowest BCUT2D eigenvalue weighted by atomic mass is 10.0. The maximum Gasteiger partial charge on any atom is 0.337 e. The minimum atomic E-state index is -0.426. The first kappa shape index (κ1) is 14.9. The normalized spacial score (nSPS) is 10.4. The number of hydrogen-bond donors (Lipinski definition) is 1. The van der Waals surface area contributed by atoms with Crippen LogP contribution in [0.2, 0.25) is 0 Å². The van der Waals surface area contributed by atoms with Crippen molar-refractivity contribution in [3.8, 4) is 11.3 Å². The van der Waals surface area contributed by atoms with Gasteiger partial charge in [-0.1, -0.05) is 24.1 Å². The Hall–Kier alpha value is -2.50. The van der Waals surface area contributed by atoms with E-state index in [1.54, 1.807) is 0 Å². The molecule has 0 aliphatic heterocycles. The van der Waals surface area contributed by atoms with E-state index in [9.17, 15) is 10.1 Å². The van der Waals surface area contributed by atoms with Crippen molar-refractivity contribution in [3.05, 3.63) is 45.8 Å². The molecule has 0 spiro atoms. The van der Waals surface area contributed by atoms with Crippen molar-refractivity contribution in [2.75, 3.05) is 11.9 Å². The van der Waals surface area contributed by atoms with Crippen LogP contribution in [-0.2, 0) is 0 Å². The third-order valence-corrected chi connectivity index (χ3v) is 3.04. The van der Waals surface area contributed by atoms with Crippen LogP contribution in [0.3, 0.4) is 0 Å². The molecule has 1 N–H and O–H groups in total. The minimum absolute atomic E-state index is 0.0732. The number of aromatic nitrogens is 2. The van der Waals surface area contributed by atoms with Gasteiger partial charge >= 0.3 is 5.69 Å². The summed E-state index contributed by atoms with van der Waals surface area (Å²) in [5.74, 6) is 0.269. The average molecular weight is 286 g/mol. The van der Waals surface area contributed by atoms with Gasteiger partial charge in [0, 0.05) is 12.1 Å². The van der Waals surface area contributed by atoms with E-state index in [4.69, 9.17) is 0 Å². The van der Waals surface area contributed by atoms with Gasteiger partial charge in [-0.05, 0) is 32.4 Å². The molecular weight excluding hydrogens is 268 g/mol. The van der Waals surface area contributed by atoms with E-state index < -0.39 is 4.92 Å². The number of hydrogen-bond acceptors (Lipinski definition) is 5. The fraction of sp³-hybridized carbons (Fsp3) is 0.333. The summed E-state index contributed by atoms with van der Waals surface area (Å²) in [5, 5.41) is 14.4. The van der Waals surface area contributed by atoms with E-state index in [0.717, 1.165) is 23.1 Å². The Kier molecular flexibility index (Phi) is 4.47. The lowest BCUT2D eigenvalue weighted by molar-refractivity contribution is -0.383. The quantitative estimate of drug-likeness (QED) is 0.672. The fourth-order valence-electron chi connectivity index (χ4n) is 2.25. The van der Waals surface area contributed by atoms with Crippen molar-refractivity contribution in [3.63, 3.8) is 0 Å². The van der Waals surface area contributed by atoms with Crippen molar-refractivity contribution >= 4 is 11.5 Å². The summed E-state index contributed by atoms with van der Waals surface area (Å²) in [6.45, 7) is 6.54. The Bertz CT molecular complexity index is 650. The van der Waals surface area contributed by atoms with Crippen molar-refractivity contribution in [2.24, 2.45) is 0 Å². The van der Waals surface area contributed by atoms with Gasteiger partial charge in [0.1, 0.15) is 6.33 Å². The van der Waals surface area contributed by atoms with Crippen LogP contribution in [0.5, 0.6) is 0 Å². The van der Waals surface area contributed by atoms with Gasteiger partial charge in [-0.25, -0.2) is 9.97 Å². The zero-order chi connectivity index (χ0) is 15.4. The Labute approximate surface area is 123 Å². The Morgan fingerprint density at radius 1 is 1.19 bits per heavy atom. The Balaban J connectivity index is 2.59. The first-order valence-corrected chi connectivity index (χ1v) is 6.85. The molecule has 6 nitrogen and oxygen atoms in total. The van der Waals surface area contributed by atoms with Gasteiger partial charge in [-0.3, -0.25) is 10.1 Å². The van der Waals surface area contributed by atoms with Gasteiger partial charge in [0.25, 0.3) is 0 Å². The molecule has 1 aromatic carbocycles. The molecule has 0 unspecified atom stereocenters. The topological polar surface area (TPSA) is 81.0 Å². The zero-order valence-corrected chi connectivity index (χ0v) is 12.4. The largest absolute Gasteiger partial charge is 0.364 e. The summed E-state index contributed by atoms with van der Waals surface area (Å²) in [6, 6.07) is 5.81. The molecule has 0 aliphatic rings. The molecule has 0 fully saturated rings. The van der Waals surface area contributed by atoms with Gasteiger partial charge in [-0.2, -0.15) is 0 Å². The highest BCUT2D eigenvalue weighted by atomic mass is 16.6. The van der Waals surface area contributed by atoms with Crippen molar-refractivity contribution in [1.82, 2.24) is 9.97 Å². The predicted octanol–water partition coefficient (Wildman–Crippen LogP) is 3.49. The summed E-state index contributed by atoms with van der Waals surface area (Å²) in [4.78, 5) is 19.1. The number of nitrogens with zero attached hydrogens (tertiary/aromatic N) is 3. The molecule has 0 bridgehead atoms. The van der Waals surface area contributed by atoms with E-state index in [-0.39, 0.29) is 11.5 Å². The van der Waals surface area contributed by atoms with Gasteiger partial charge < -0.3 is 5.32 Å². The van der Waals surface area contributed by atoms with Crippen molar-refractivity contribution in [1.29, 1.82) is 0 Å². The third-order valence-electron chi connectivity index (χ3n) is 3.04. The summed E-state index contributed by atoms with van der Waals surface area (Å²) in [7, 11) is 0. The molecule has 0 amide bonds. The molecule has 0 saturated heterocycles. The highest BCUT2D eigenvalue weighted by Gasteiger charge is 2.23. The number of anilines is 1. The molecule has 0 saturated carbocycles. The van der Waals surface area contributed by atoms with Crippen LogP contribution in [0.25, 0.3) is 11.3 Å². The van der Waals surface area contributed by atoms with Crippen LogP contribution in [0.4, 0.5) is 11.5 Å². The van der Waals surface area contributed by atoms with Crippen molar-refractivity contribution < 1.29 is 4.92 Å². The second-order valence-corrected chi connectivity index (χ2v) is 4.98. The standard InChI is InChI=1S/C15H18N4O2/c1-4-5-16-15-14(19(20)21)13(17-9-18-15)12-7-10(2)6-11(3)8-12/h6-9H,4-5H2,1-3H3,(H,16,17,18). The molecule has 2 rings (SSSR count). The molecule has 2 aromatic rings. The van der Waals surface area contributed by atoms with E-state index in [0.29, 0.717) is 12.2 Å². The molecule has 1 heterocycles.